The molecule has 0 radical (unpaired) electrons. The number of nitrogens with one attached hydrogen (secondary N) is 1. The van der Waals surface area contributed by atoms with E-state index in [1.54, 1.807) is 12.1 Å². The van der Waals surface area contributed by atoms with Crippen molar-refractivity contribution in [2.24, 2.45) is 0 Å². The van der Waals surface area contributed by atoms with Gasteiger partial charge in [-0.25, -0.2) is 0 Å². The number of aromatic hydroxyl groups is 1. The minimum absolute atomic E-state index is 0.0463. The van der Waals surface area contributed by atoms with Crippen LogP contribution in [0.5, 0.6) is 5.75 Å². The highest BCUT2D eigenvalue weighted by molar-refractivity contribution is 5.77. The Balaban J connectivity index is 2.53. The molecule has 1 aromatic rings. The van der Waals surface area contributed by atoms with Gasteiger partial charge in [0, 0.05) is 12.6 Å². The van der Waals surface area contributed by atoms with Crippen LogP contribution in [0.15, 0.2) is 24.3 Å². The zero-order valence-corrected chi connectivity index (χ0v) is 11.3. The third kappa shape index (κ3) is 4.37. The molecule has 0 saturated heterocycles. The SMILES string of the molecule is CCCNC(=O)CN(C)C(C)c1ccc(O)cc1. The number of phenolic OH excluding ortho intramolecular Hbond substituents is 1. The summed E-state index contributed by atoms with van der Waals surface area (Å²) in [5.41, 5.74) is 1.08. The quantitative estimate of drug-likeness (QED) is 0.811. The van der Waals surface area contributed by atoms with E-state index in [2.05, 4.69) is 5.32 Å². The average molecular weight is 250 g/mol. The fourth-order valence-electron chi connectivity index (χ4n) is 1.69. The number of carbonyl (C=O) groups excluding carboxylic acids is 1. The van der Waals surface area contributed by atoms with Gasteiger partial charge < -0.3 is 10.4 Å². The fourth-order valence-corrected chi connectivity index (χ4v) is 1.69. The smallest absolute Gasteiger partial charge is 0.234 e. The van der Waals surface area contributed by atoms with Crippen LogP contribution < -0.4 is 5.32 Å². The first kappa shape index (κ1) is 14.5. The largest absolute Gasteiger partial charge is 0.508 e. The molecule has 0 bridgehead atoms. The van der Waals surface area contributed by atoms with E-state index in [1.165, 1.54) is 0 Å². The molecule has 4 heteroatoms. The second-order valence-electron chi connectivity index (χ2n) is 4.53. The van der Waals surface area contributed by atoms with Gasteiger partial charge in [-0.2, -0.15) is 0 Å². The highest BCUT2D eigenvalue weighted by atomic mass is 16.3. The molecule has 1 rings (SSSR count). The Morgan fingerprint density at radius 1 is 1.39 bits per heavy atom. The number of carbonyl (C=O) groups is 1. The van der Waals surface area contributed by atoms with Crippen LogP contribution in [-0.2, 0) is 4.79 Å². The predicted octanol–water partition coefficient (Wildman–Crippen LogP) is 1.91. The van der Waals surface area contributed by atoms with Gasteiger partial charge >= 0.3 is 0 Å². The van der Waals surface area contributed by atoms with E-state index in [0.29, 0.717) is 6.54 Å². The lowest BCUT2D eigenvalue weighted by Crippen LogP contribution is -2.36. The number of benzene rings is 1. The first-order valence-electron chi connectivity index (χ1n) is 6.30. The van der Waals surface area contributed by atoms with Crippen LogP contribution in [0.1, 0.15) is 31.9 Å². The topological polar surface area (TPSA) is 52.6 Å². The fraction of sp³-hybridized carbons (Fsp3) is 0.500. The van der Waals surface area contributed by atoms with Crippen LogP contribution >= 0.6 is 0 Å². The van der Waals surface area contributed by atoms with Gasteiger partial charge in [-0.3, -0.25) is 9.69 Å². The average Bonchev–Trinajstić information content (AvgIpc) is 2.36. The van der Waals surface area contributed by atoms with Gasteiger partial charge in [-0.15, -0.1) is 0 Å². The van der Waals surface area contributed by atoms with Crippen LogP contribution in [0.3, 0.4) is 0 Å². The number of hydrogen-bond acceptors (Lipinski definition) is 3. The Morgan fingerprint density at radius 3 is 2.56 bits per heavy atom. The molecule has 0 aliphatic rings. The number of phenols is 1. The lowest BCUT2D eigenvalue weighted by Gasteiger charge is -2.24. The Hall–Kier alpha value is -1.55. The molecule has 100 valence electrons. The lowest BCUT2D eigenvalue weighted by molar-refractivity contribution is -0.122. The molecule has 2 N–H and O–H groups in total. The molecule has 18 heavy (non-hydrogen) atoms. The molecule has 0 spiro atoms. The molecule has 0 fully saturated rings. The summed E-state index contributed by atoms with van der Waals surface area (Å²) in [6.45, 7) is 5.17. The van der Waals surface area contributed by atoms with Crippen LogP contribution in [-0.4, -0.2) is 36.1 Å². The summed E-state index contributed by atoms with van der Waals surface area (Å²) in [5.74, 6) is 0.305. The molecule has 0 heterocycles. The summed E-state index contributed by atoms with van der Waals surface area (Å²) in [4.78, 5) is 13.6. The summed E-state index contributed by atoms with van der Waals surface area (Å²) < 4.78 is 0. The Morgan fingerprint density at radius 2 is 2.00 bits per heavy atom. The standard InChI is InChI=1S/C14H22N2O2/c1-4-9-15-14(18)10-16(3)11(2)12-5-7-13(17)8-6-12/h5-8,11,17H,4,9-10H2,1-3H3,(H,15,18). The van der Waals surface area contributed by atoms with Crippen molar-refractivity contribution in [3.05, 3.63) is 29.8 Å². The molecule has 1 atom stereocenters. The number of rotatable bonds is 6. The Kier molecular flexibility index (Phi) is 5.65. The molecule has 1 unspecified atom stereocenters. The van der Waals surface area contributed by atoms with Gasteiger partial charge in [0.25, 0.3) is 0 Å². The van der Waals surface area contributed by atoms with Gasteiger partial charge in [-0.05, 0) is 38.1 Å². The summed E-state index contributed by atoms with van der Waals surface area (Å²) in [6.07, 6.45) is 0.947. The minimum atomic E-state index is 0.0463. The van der Waals surface area contributed by atoms with Crippen LogP contribution in [0, 0.1) is 0 Å². The van der Waals surface area contributed by atoms with Crippen molar-refractivity contribution >= 4 is 5.91 Å². The van der Waals surface area contributed by atoms with Gasteiger partial charge in [-0.1, -0.05) is 19.1 Å². The highest BCUT2D eigenvalue weighted by Crippen LogP contribution is 2.20. The molecule has 1 aromatic carbocycles. The van der Waals surface area contributed by atoms with E-state index >= 15 is 0 Å². The number of nitrogens with zero attached hydrogens (tertiary/aromatic N) is 1. The normalized spacial score (nSPS) is 12.4. The summed E-state index contributed by atoms with van der Waals surface area (Å²) in [5, 5.41) is 12.1. The zero-order chi connectivity index (χ0) is 13.5. The van der Waals surface area contributed by atoms with Crippen molar-refractivity contribution in [1.29, 1.82) is 0 Å². The molecule has 0 aliphatic carbocycles. The molecule has 0 aromatic heterocycles. The van der Waals surface area contributed by atoms with Crippen molar-refractivity contribution in [1.82, 2.24) is 10.2 Å². The van der Waals surface area contributed by atoms with Crippen molar-refractivity contribution in [3.8, 4) is 5.75 Å². The zero-order valence-electron chi connectivity index (χ0n) is 11.3. The molecular weight excluding hydrogens is 228 g/mol. The number of likely N-dealkylation sites (N-methyl/N-ethyl adjacent to an activating group) is 1. The predicted molar refractivity (Wildman–Crippen MR) is 72.5 cm³/mol. The van der Waals surface area contributed by atoms with Gasteiger partial charge in [0.15, 0.2) is 0 Å². The van der Waals surface area contributed by atoms with E-state index in [-0.39, 0.29) is 17.7 Å². The van der Waals surface area contributed by atoms with E-state index in [1.807, 2.05) is 37.9 Å². The maximum absolute atomic E-state index is 11.6. The summed E-state index contributed by atoms with van der Waals surface area (Å²) >= 11 is 0. The molecular formula is C14H22N2O2. The van der Waals surface area contributed by atoms with Crippen molar-refractivity contribution in [2.45, 2.75) is 26.3 Å². The second kappa shape index (κ2) is 7.01. The van der Waals surface area contributed by atoms with Gasteiger partial charge in [0.2, 0.25) is 5.91 Å². The minimum Gasteiger partial charge on any atom is -0.508 e. The van der Waals surface area contributed by atoms with Gasteiger partial charge in [0.1, 0.15) is 5.75 Å². The summed E-state index contributed by atoms with van der Waals surface area (Å²) in [7, 11) is 1.92. The van der Waals surface area contributed by atoms with Crippen molar-refractivity contribution < 1.29 is 9.90 Å². The molecule has 1 amide bonds. The first-order valence-corrected chi connectivity index (χ1v) is 6.30. The molecule has 0 saturated carbocycles. The molecule has 0 aliphatic heterocycles. The van der Waals surface area contributed by atoms with Gasteiger partial charge in [0.05, 0.1) is 6.54 Å². The maximum Gasteiger partial charge on any atom is 0.234 e. The maximum atomic E-state index is 11.6. The number of hydrogen-bond donors (Lipinski definition) is 2. The van der Waals surface area contributed by atoms with Crippen LogP contribution in [0.25, 0.3) is 0 Å². The third-order valence-corrected chi connectivity index (χ3v) is 3.00. The Labute approximate surface area is 109 Å². The number of amides is 1. The van der Waals surface area contributed by atoms with Crippen LogP contribution in [0.4, 0.5) is 0 Å². The lowest BCUT2D eigenvalue weighted by atomic mass is 10.1. The first-order chi connectivity index (χ1) is 8.54. The van der Waals surface area contributed by atoms with Crippen molar-refractivity contribution in [2.75, 3.05) is 20.1 Å². The van der Waals surface area contributed by atoms with E-state index in [9.17, 15) is 9.90 Å². The van der Waals surface area contributed by atoms with Crippen LogP contribution in [0.2, 0.25) is 0 Å². The summed E-state index contributed by atoms with van der Waals surface area (Å²) in [6, 6.07) is 7.21. The Bertz CT molecular complexity index is 376. The second-order valence-corrected chi connectivity index (χ2v) is 4.53. The highest BCUT2D eigenvalue weighted by Gasteiger charge is 2.14. The third-order valence-electron chi connectivity index (χ3n) is 3.00. The monoisotopic (exact) mass is 250 g/mol. The van der Waals surface area contributed by atoms with Crippen molar-refractivity contribution in [3.63, 3.8) is 0 Å². The van der Waals surface area contributed by atoms with E-state index < -0.39 is 0 Å². The van der Waals surface area contributed by atoms with E-state index in [0.717, 1.165) is 18.5 Å². The molecule has 4 nitrogen and oxygen atoms in total. The van der Waals surface area contributed by atoms with E-state index in [4.69, 9.17) is 0 Å².